The summed E-state index contributed by atoms with van der Waals surface area (Å²) >= 11 is 0. The summed E-state index contributed by atoms with van der Waals surface area (Å²) in [6.45, 7) is 1.84. The lowest BCUT2D eigenvalue weighted by Crippen LogP contribution is -2.08. The fourth-order valence-corrected chi connectivity index (χ4v) is 4.58. The van der Waals surface area contributed by atoms with Crippen molar-refractivity contribution in [3.63, 3.8) is 0 Å². The van der Waals surface area contributed by atoms with Gasteiger partial charge in [-0.3, -0.25) is 0 Å². The van der Waals surface area contributed by atoms with Gasteiger partial charge in [-0.25, -0.2) is 9.78 Å². The van der Waals surface area contributed by atoms with Crippen molar-refractivity contribution < 1.29 is 14.6 Å². The first-order valence-electron chi connectivity index (χ1n) is 8.58. The highest BCUT2D eigenvalue weighted by Crippen LogP contribution is 2.52. The highest BCUT2D eigenvalue weighted by molar-refractivity contribution is 5.70. The number of fused-ring (bicyclic) bond motifs is 2. The van der Waals surface area contributed by atoms with Crippen molar-refractivity contribution in [2.24, 2.45) is 11.8 Å². The van der Waals surface area contributed by atoms with Gasteiger partial charge in [0.1, 0.15) is 0 Å². The maximum atomic E-state index is 10.8. The second-order valence-electron chi connectivity index (χ2n) is 7.06. The molecule has 1 aromatic heterocycles. The van der Waals surface area contributed by atoms with E-state index in [1.54, 1.807) is 6.20 Å². The zero-order chi connectivity index (χ0) is 16.7. The van der Waals surface area contributed by atoms with Gasteiger partial charge in [0.2, 0.25) is 5.88 Å². The largest absolute Gasteiger partial charge is 0.512 e. The van der Waals surface area contributed by atoms with Gasteiger partial charge in [-0.1, -0.05) is 30.7 Å². The molecule has 2 fully saturated rings. The molecular formula is C20H21NO3. The van der Waals surface area contributed by atoms with Crippen LogP contribution in [0, 0.1) is 18.8 Å². The fourth-order valence-electron chi connectivity index (χ4n) is 4.58. The van der Waals surface area contributed by atoms with E-state index in [1.807, 2.05) is 13.0 Å². The maximum absolute atomic E-state index is 10.8. The Morgan fingerprint density at radius 3 is 2.58 bits per heavy atom. The molecule has 2 aromatic rings. The van der Waals surface area contributed by atoms with Crippen LogP contribution in [0.5, 0.6) is 5.88 Å². The highest BCUT2D eigenvalue weighted by atomic mass is 16.7. The molecular weight excluding hydrogens is 302 g/mol. The van der Waals surface area contributed by atoms with Crippen LogP contribution in [0.1, 0.15) is 42.7 Å². The molecule has 0 amide bonds. The van der Waals surface area contributed by atoms with Crippen LogP contribution < -0.4 is 4.74 Å². The first-order chi connectivity index (χ1) is 11.6. The summed E-state index contributed by atoms with van der Waals surface area (Å²) in [5.74, 6) is 2.69. The summed E-state index contributed by atoms with van der Waals surface area (Å²) in [7, 11) is 0. The topological polar surface area (TPSA) is 59.4 Å². The van der Waals surface area contributed by atoms with Crippen LogP contribution in [0.4, 0.5) is 4.79 Å². The Morgan fingerprint density at radius 1 is 1.17 bits per heavy atom. The summed E-state index contributed by atoms with van der Waals surface area (Å²) in [5.41, 5.74) is 4.21. The van der Waals surface area contributed by atoms with Gasteiger partial charge >= 0.3 is 6.16 Å². The van der Waals surface area contributed by atoms with Crippen molar-refractivity contribution in [1.29, 1.82) is 0 Å². The zero-order valence-corrected chi connectivity index (χ0v) is 13.7. The van der Waals surface area contributed by atoms with E-state index in [2.05, 4.69) is 29.2 Å². The molecule has 2 saturated carbocycles. The Balaban J connectivity index is 1.60. The van der Waals surface area contributed by atoms with Gasteiger partial charge in [-0.2, -0.15) is 0 Å². The van der Waals surface area contributed by atoms with E-state index >= 15 is 0 Å². The van der Waals surface area contributed by atoms with Crippen molar-refractivity contribution in [3.8, 4) is 17.0 Å². The third kappa shape index (κ3) is 2.66. The fraction of sp³-hybridized carbons (Fsp3) is 0.400. The molecule has 124 valence electrons. The summed E-state index contributed by atoms with van der Waals surface area (Å²) in [6, 6.07) is 10.6. The van der Waals surface area contributed by atoms with E-state index < -0.39 is 6.16 Å². The van der Waals surface area contributed by atoms with E-state index in [0.29, 0.717) is 0 Å². The monoisotopic (exact) mass is 323 g/mol. The molecule has 0 spiro atoms. The normalized spacial score (nSPS) is 25.0. The van der Waals surface area contributed by atoms with E-state index in [-0.39, 0.29) is 5.88 Å². The second-order valence-corrected chi connectivity index (χ2v) is 7.06. The van der Waals surface area contributed by atoms with Gasteiger partial charge < -0.3 is 9.84 Å². The number of pyridine rings is 1. The van der Waals surface area contributed by atoms with Crippen LogP contribution in [0.2, 0.25) is 0 Å². The van der Waals surface area contributed by atoms with E-state index in [4.69, 9.17) is 9.84 Å². The lowest BCUT2D eigenvalue weighted by molar-refractivity contribution is 0.142. The Labute approximate surface area is 141 Å². The molecule has 1 heterocycles. The summed E-state index contributed by atoms with van der Waals surface area (Å²) in [4.78, 5) is 14.8. The zero-order valence-electron chi connectivity index (χ0n) is 13.7. The van der Waals surface area contributed by atoms with Crippen molar-refractivity contribution in [3.05, 3.63) is 47.7 Å². The highest BCUT2D eigenvalue weighted by Gasteiger charge is 2.39. The number of rotatable bonds is 3. The molecule has 2 aliphatic rings. The Hall–Kier alpha value is -2.36. The second kappa shape index (κ2) is 5.93. The van der Waals surface area contributed by atoms with Crippen LogP contribution in [-0.4, -0.2) is 16.2 Å². The van der Waals surface area contributed by atoms with Crippen molar-refractivity contribution >= 4 is 6.16 Å². The molecule has 0 radical (unpaired) electrons. The quantitative estimate of drug-likeness (QED) is 0.806. The summed E-state index contributed by atoms with van der Waals surface area (Å²) in [5, 5.41) is 8.80. The minimum atomic E-state index is -1.34. The number of hydrogen-bond donors (Lipinski definition) is 1. The molecule has 0 aliphatic heterocycles. The molecule has 1 aromatic carbocycles. The Bertz CT molecular complexity index is 769. The Morgan fingerprint density at radius 2 is 1.96 bits per heavy atom. The van der Waals surface area contributed by atoms with Crippen molar-refractivity contribution in [2.45, 2.75) is 38.5 Å². The predicted octanol–water partition coefficient (Wildman–Crippen LogP) is 5.02. The van der Waals surface area contributed by atoms with Gasteiger partial charge in [0.25, 0.3) is 0 Å². The van der Waals surface area contributed by atoms with Crippen LogP contribution >= 0.6 is 0 Å². The van der Waals surface area contributed by atoms with Gasteiger partial charge in [0.05, 0.1) is 0 Å². The van der Waals surface area contributed by atoms with Crippen LogP contribution in [0.25, 0.3) is 11.1 Å². The van der Waals surface area contributed by atoms with Crippen molar-refractivity contribution in [1.82, 2.24) is 4.98 Å². The number of ether oxygens (including phenoxy) is 1. The first-order valence-corrected chi connectivity index (χ1v) is 8.58. The Kier molecular flexibility index (Phi) is 3.75. The number of nitrogens with zero attached hydrogens (tertiary/aromatic N) is 1. The number of aromatic nitrogens is 1. The minimum absolute atomic E-state index is 0.150. The molecule has 1 N–H and O–H groups in total. The minimum Gasteiger partial charge on any atom is -0.449 e. The first kappa shape index (κ1) is 15.2. The smallest absolute Gasteiger partial charge is 0.449 e. The number of hydrogen-bond acceptors (Lipinski definition) is 3. The average Bonchev–Trinajstić information content (AvgIpc) is 3.20. The van der Waals surface area contributed by atoms with Gasteiger partial charge in [0, 0.05) is 11.8 Å². The molecule has 4 heteroatoms. The summed E-state index contributed by atoms with van der Waals surface area (Å²) < 4.78 is 4.75. The third-order valence-electron chi connectivity index (χ3n) is 5.73. The molecule has 0 saturated heterocycles. The molecule has 4 nitrogen and oxygen atoms in total. The van der Waals surface area contributed by atoms with Crippen LogP contribution in [0.15, 0.2) is 36.5 Å². The SMILES string of the molecule is Cc1c(-c2ccc([C@H]3C[C@@H]4CC[C@H]3C4)cc2)ccnc1OC(=O)O. The molecule has 2 bridgehead atoms. The lowest BCUT2D eigenvalue weighted by Gasteiger charge is -2.22. The van der Waals surface area contributed by atoms with Crippen molar-refractivity contribution in [2.75, 3.05) is 0 Å². The maximum Gasteiger partial charge on any atom is 0.512 e. The van der Waals surface area contributed by atoms with E-state index in [9.17, 15) is 4.79 Å². The van der Waals surface area contributed by atoms with Gasteiger partial charge in [-0.15, -0.1) is 0 Å². The average molecular weight is 323 g/mol. The predicted molar refractivity (Wildman–Crippen MR) is 91.3 cm³/mol. The molecule has 2 aliphatic carbocycles. The number of carbonyl (C=O) groups is 1. The summed E-state index contributed by atoms with van der Waals surface area (Å²) in [6.07, 6.45) is 5.80. The van der Waals surface area contributed by atoms with Gasteiger partial charge in [0.15, 0.2) is 0 Å². The number of carboxylic acid groups (broad SMARTS) is 1. The molecule has 24 heavy (non-hydrogen) atoms. The molecule has 4 rings (SSSR count). The number of benzene rings is 1. The standard InChI is InChI=1S/C20H21NO3/c1-12-17(8-9-21-19(12)24-20(22)23)14-4-6-15(7-5-14)18-11-13-2-3-16(18)10-13/h4-9,13,16,18H,2-3,10-11H2,1H3,(H,22,23)/t13-,16+,18-/m1/s1. The molecule has 3 atom stereocenters. The van der Waals surface area contributed by atoms with Crippen LogP contribution in [-0.2, 0) is 0 Å². The van der Waals surface area contributed by atoms with Gasteiger partial charge in [-0.05, 0) is 66.7 Å². The lowest BCUT2D eigenvalue weighted by atomic mass is 9.83. The van der Waals surface area contributed by atoms with Crippen LogP contribution in [0.3, 0.4) is 0 Å². The third-order valence-corrected chi connectivity index (χ3v) is 5.73. The van der Waals surface area contributed by atoms with E-state index in [0.717, 1.165) is 34.4 Å². The van der Waals surface area contributed by atoms with E-state index in [1.165, 1.54) is 31.2 Å². The molecule has 0 unspecified atom stereocenters.